The smallest absolute Gasteiger partial charge is 0.181 e. The summed E-state index contributed by atoms with van der Waals surface area (Å²) in [7, 11) is 0. The van der Waals surface area contributed by atoms with E-state index in [-0.39, 0.29) is 11.3 Å². The standard InChI is InChI=1S/C14H6ClN5O/c15-12-2-1-10(3-11(12)14-7-19-8-21-14)20-13(6-18)9(4-16)5-17/h1-3,7-8,20H. The summed E-state index contributed by atoms with van der Waals surface area (Å²) in [4.78, 5) is 3.81. The van der Waals surface area contributed by atoms with Crippen LogP contribution in [-0.4, -0.2) is 4.98 Å². The first-order chi connectivity index (χ1) is 10.2. The summed E-state index contributed by atoms with van der Waals surface area (Å²) in [5, 5.41) is 29.7. The minimum absolute atomic E-state index is 0.133. The third kappa shape index (κ3) is 3.01. The zero-order valence-corrected chi connectivity index (χ0v) is 11.2. The Bertz CT molecular complexity index is 803. The molecule has 21 heavy (non-hydrogen) atoms. The molecule has 2 rings (SSSR count). The van der Waals surface area contributed by atoms with Gasteiger partial charge in [-0.15, -0.1) is 0 Å². The molecule has 0 aliphatic heterocycles. The minimum Gasteiger partial charge on any atom is -0.443 e. The number of nitrogens with zero attached hydrogens (tertiary/aromatic N) is 4. The van der Waals surface area contributed by atoms with Crippen molar-refractivity contribution in [1.82, 2.24) is 4.98 Å². The number of nitriles is 3. The zero-order chi connectivity index (χ0) is 15.2. The van der Waals surface area contributed by atoms with Gasteiger partial charge in [-0.05, 0) is 18.2 Å². The highest BCUT2D eigenvalue weighted by atomic mass is 35.5. The fourth-order valence-electron chi connectivity index (χ4n) is 1.57. The molecule has 1 heterocycles. The average Bonchev–Trinajstić information content (AvgIpc) is 3.03. The summed E-state index contributed by atoms with van der Waals surface area (Å²) in [6.45, 7) is 0. The van der Waals surface area contributed by atoms with Gasteiger partial charge in [0.1, 0.15) is 23.9 Å². The van der Waals surface area contributed by atoms with Gasteiger partial charge < -0.3 is 9.73 Å². The molecular weight excluding hydrogens is 290 g/mol. The number of hydrogen-bond donors (Lipinski definition) is 1. The lowest BCUT2D eigenvalue weighted by Crippen LogP contribution is -2.00. The number of allylic oxidation sites excluding steroid dienone is 2. The minimum atomic E-state index is -0.298. The number of oxazole rings is 1. The summed E-state index contributed by atoms with van der Waals surface area (Å²) in [5.74, 6) is 0.465. The SMILES string of the molecule is N#CC(C#N)=C(C#N)Nc1ccc(Cl)c(-c2cnco2)c1. The molecule has 0 fully saturated rings. The van der Waals surface area contributed by atoms with Gasteiger partial charge in [0, 0.05) is 11.3 Å². The maximum Gasteiger partial charge on any atom is 0.181 e. The van der Waals surface area contributed by atoms with Crippen molar-refractivity contribution < 1.29 is 4.42 Å². The third-order valence-electron chi connectivity index (χ3n) is 2.52. The van der Waals surface area contributed by atoms with Crippen molar-refractivity contribution in [3.8, 4) is 29.5 Å². The van der Waals surface area contributed by atoms with Crippen molar-refractivity contribution in [2.24, 2.45) is 0 Å². The Kier molecular flexibility index (Phi) is 4.21. The molecule has 0 unspecified atom stereocenters. The van der Waals surface area contributed by atoms with Crippen molar-refractivity contribution >= 4 is 17.3 Å². The van der Waals surface area contributed by atoms with Crippen LogP contribution in [0.25, 0.3) is 11.3 Å². The molecule has 100 valence electrons. The van der Waals surface area contributed by atoms with Gasteiger partial charge in [-0.1, -0.05) is 11.6 Å². The Balaban J connectivity index is 2.42. The van der Waals surface area contributed by atoms with Crippen molar-refractivity contribution in [1.29, 1.82) is 15.8 Å². The first-order valence-corrected chi connectivity index (χ1v) is 5.97. The van der Waals surface area contributed by atoms with Crippen molar-refractivity contribution in [2.75, 3.05) is 5.32 Å². The van der Waals surface area contributed by atoms with E-state index in [4.69, 9.17) is 31.8 Å². The predicted molar refractivity (Wildman–Crippen MR) is 74.4 cm³/mol. The van der Waals surface area contributed by atoms with Crippen LogP contribution in [0.15, 0.2) is 46.5 Å². The van der Waals surface area contributed by atoms with Crippen molar-refractivity contribution in [2.45, 2.75) is 0 Å². The van der Waals surface area contributed by atoms with Crippen molar-refractivity contribution in [3.63, 3.8) is 0 Å². The van der Waals surface area contributed by atoms with Gasteiger partial charge in [0.25, 0.3) is 0 Å². The molecule has 7 heteroatoms. The van der Waals surface area contributed by atoms with Crippen LogP contribution < -0.4 is 5.32 Å². The van der Waals surface area contributed by atoms with E-state index in [1.54, 1.807) is 36.4 Å². The van der Waals surface area contributed by atoms with E-state index in [9.17, 15) is 0 Å². The third-order valence-corrected chi connectivity index (χ3v) is 2.85. The number of anilines is 1. The first-order valence-electron chi connectivity index (χ1n) is 5.59. The van der Waals surface area contributed by atoms with Gasteiger partial charge in [-0.2, -0.15) is 15.8 Å². The number of nitrogens with one attached hydrogen (secondary N) is 1. The molecule has 1 aromatic heterocycles. The van der Waals surface area contributed by atoms with Gasteiger partial charge in [-0.3, -0.25) is 0 Å². The number of halogens is 1. The molecule has 1 aromatic carbocycles. The number of hydrogen-bond acceptors (Lipinski definition) is 6. The molecule has 0 saturated carbocycles. The molecule has 2 aromatic rings. The van der Waals surface area contributed by atoms with Gasteiger partial charge in [0.2, 0.25) is 0 Å². The highest BCUT2D eigenvalue weighted by molar-refractivity contribution is 6.33. The molecule has 6 nitrogen and oxygen atoms in total. The Morgan fingerprint density at radius 1 is 1.19 bits per heavy atom. The van der Waals surface area contributed by atoms with Crippen LogP contribution in [0.4, 0.5) is 5.69 Å². The Hall–Kier alpha value is -3.27. The summed E-state index contributed by atoms with van der Waals surface area (Å²) in [6, 6.07) is 9.94. The molecule has 0 saturated heterocycles. The van der Waals surface area contributed by atoms with E-state index in [1.165, 1.54) is 12.6 Å². The van der Waals surface area contributed by atoms with E-state index in [0.29, 0.717) is 22.0 Å². The maximum absolute atomic E-state index is 9.00. The van der Waals surface area contributed by atoms with Crippen LogP contribution in [0.3, 0.4) is 0 Å². The molecule has 1 N–H and O–H groups in total. The van der Waals surface area contributed by atoms with Crippen molar-refractivity contribution in [3.05, 3.63) is 47.1 Å². The van der Waals surface area contributed by atoms with Crippen LogP contribution in [0.1, 0.15) is 0 Å². The fourth-order valence-corrected chi connectivity index (χ4v) is 1.78. The molecule has 0 spiro atoms. The van der Waals surface area contributed by atoms with Gasteiger partial charge in [0.15, 0.2) is 17.7 Å². The van der Waals surface area contributed by atoms with Crippen LogP contribution in [0, 0.1) is 34.0 Å². The normalized spacial score (nSPS) is 9.05. The predicted octanol–water partition coefficient (Wildman–Crippen LogP) is 3.23. The molecular formula is C14H6ClN5O. The molecule has 0 amide bonds. The second-order valence-electron chi connectivity index (χ2n) is 3.77. The quantitative estimate of drug-likeness (QED) is 0.870. The van der Waals surface area contributed by atoms with Crippen LogP contribution in [0.5, 0.6) is 0 Å². The lowest BCUT2D eigenvalue weighted by molar-refractivity contribution is 0.572. The summed E-state index contributed by atoms with van der Waals surface area (Å²) >= 11 is 6.08. The summed E-state index contributed by atoms with van der Waals surface area (Å²) in [5.41, 5.74) is 0.636. The monoisotopic (exact) mass is 295 g/mol. The first kappa shape index (κ1) is 14.1. The van der Waals surface area contributed by atoms with E-state index < -0.39 is 0 Å². The van der Waals surface area contributed by atoms with Crippen LogP contribution in [-0.2, 0) is 0 Å². The maximum atomic E-state index is 9.00. The van der Waals surface area contributed by atoms with Crippen LogP contribution in [0.2, 0.25) is 5.02 Å². The Morgan fingerprint density at radius 3 is 2.52 bits per heavy atom. The fraction of sp³-hybridized carbons (Fsp3) is 0. The molecule has 0 atom stereocenters. The number of aromatic nitrogens is 1. The largest absolute Gasteiger partial charge is 0.443 e. The number of benzene rings is 1. The topological polar surface area (TPSA) is 109 Å². The van der Waals surface area contributed by atoms with E-state index in [2.05, 4.69) is 10.3 Å². The lowest BCUT2D eigenvalue weighted by atomic mass is 10.1. The van der Waals surface area contributed by atoms with Gasteiger partial charge in [-0.25, -0.2) is 4.98 Å². The highest BCUT2D eigenvalue weighted by Gasteiger charge is 2.10. The lowest BCUT2D eigenvalue weighted by Gasteiger charge is -2.07. The molecule has 0 aliphatic carbocycles. The molecule has 0 radical (unpaired) electrons. The Labute approximate surface area is 125 Å². The zero-order valence-electron chi connectivity index (χ0n) is 10.5. The van der Waals surface area contributed by atoms with E-state index >= 15 is 0 Å². The summed E-state index contributed by atoms with van der Waals surface area (Å²) < 4.78 is 5.17. The molecule has 0 bridgehead atoms. The second-order valence-corrected chi connectivity index (χ2v) is 4.18. The summed E-state index contributed by atoms with van der Waals surface area (Å²) in [6.07, 6.45) is 2.78. The van der Waals surface area contributed by atoms with Gasteiger partial charge >= 0.3 is 0 Å². The Morgan fingerprint density at radius 2 is 1.95 bits per heavy atom. The van der Waals surface area contributed by atoms with E-state index in [0.717, 1.165) is 0 Å². The van der Waals surface area contributed by atoms with Crippen LogP contribution >= 0.6 is 11.6 Å². The highest BCUT2D eigenvalue weighted by Crippen LogP contribution is 2.30. The van der Waals surface area contributed by atoms with Gasteiger partial charge in [0.05, 0.1) is 11.2 Å². The van der Waals surface area contributed by atoms with E-state index in [1.807, 2.05) is 0 Å². The molecule has 0 aliphatic rings. The second kappa shape index (κ2) is 6.25. The number of rotatable bonds is 3. The average molecular weight is 296 g/mol.